The van der Waals surface area contributed by atoms with Gasteiger partial charge < -0.3 is 10.6 Å². The van der Waals surface area contributed by atoms with Gasteiger partial charge in [-0.05, 0) is 16.5 Å². The highest BCUT2D eigenvalue weighted by Crippen LogP contribution is 2.34. The fourth-order valence-corrected chi connectivity index (χ4v) is 2.57. The van der Waals surface area contributed by atoms with Gasteiger partial charge in [-0.25, -0.2) is 0 Å². The van der Waals surface area contributed by atoms with Gasteiger partial charge in [0, 0.05) is 19.1 Å². The van der Waals surface area contributed by atoms with E-state index in [4.69, 9.17) is 11.1 Å². The first-order valence-corrected chi connectivity index (χ1v) is 7.50. The number of guanidine groups is 1. The molecule has 0 aliphatic carbocycles. The van der Waals surface area contributed by atoms with Crippen molar-refractivity contribution in [1.82, 2.24) is 10.2 Å². The number of nitrogens with zero attached hydrogens (tertiary/aromatic N) is 1. The molecular formula is C16H23F3N4. The third-order valence-corrected chi connectivity index (χ3v) is 4.06. The fourth-order valence-electron chi connectivity index (χ4n) is 2.57. The SMILES string of the molecule is CC(C)(C)c1ccc(C(NC2CN(C(=N)N)C2)C(F)(F)F)cc1. The lowest BCUT2D eigenvalue weighted by Gasteiger charge is -2.42. The van der Waals surface area contributed by atoms with E-state index in [9.17, 15) is 13.2 Å². The largest absolute Gasteiger partial charge is 0.407 e. The average Bonchev–Trinajstić information content (AvgIpc) is 2.34. The quantitative estimate of drug-likeness (QED) is 0.590. The molecule has 1 fully saturated rings. The topological polar surface area (TPSA) is 65.1 Å². The zero-order chi connectivity index (χ0) is 17.4. The van der Waals surface area contributed by atoms with Crippen LogP contribution in [-0.2, 0) is 5.41 Å². The van der Waals surface area contributed by atoms with Crippen molar-refractivity contribution in [2.24, 2.45) is 5.73 Å². The van der Waals surface area contributed by atoms with Crippen LogP contribution in [0, 0.1) is 5.41 Å². The molecule has 1 aromatic carbocycles. The fraction of sp³-hybridized carbons (Fsp3) is 0.562. The number of benzene rings is 1. The van der Waals surface area contributed by atoms with Gasteiger partial charge in [0.15, 0.2) is 5.96 Å². The molecule has 23 heavy (non-hydrogen) atoms. The number of hydrogen-bond acceptors (Lipinski definition) is 2. The minimum Gasteiger partial charge on any atom is -0.370 e. The molecule has 1 aromatic rings. The molecule has 7 heteroatoms. The summed E-state index contributed by atoms with van der Waals surface area (Å²) in [6.45, 7) is 6.70. The van der Waals surface area contributed by atoms with Crippen LogP contribution in [-0.4, -0.2) is 36.2 Å². The van der Waals surface area contributed by atoms with Crippen molar-refractivity contribution >= 4 is 5.96 Å². The van der Waals surface area contributed by atoms with Gasteiger partial charge in [0.1, 0.15) is 6.04 Å². The van der Waals surface area contributed by atoms with Crippen LogP contribution in [0.3, 0.4) is 0 Å². The highest BCUT2D eigenvalue weighted by atomic mass is 19.4. The highest BCUT2D eigenvalue weighted by molar-refractivity contribution is 5.75. The van der Waals surface area contributed by atoms with E-state index in [1.165, 1.54) is 17.0 Å². The summed E-state index contributed by atoms with van der Waals surface area (Å²) >= 11 is 0. The molecule has 1 aliphatic rings. The van der Waals surface area contributed by atoms with Crippen LogP contribution in [0.15, 0.2) is 24.3 Å². The molecule has 1 heterocycles. The predicted molar refractivity (Wildman–Crippen MR) is 84.3 cm³/mol. The van der Waals surface area contributed by atoms with Crippen LogP contribution < -0.4 is 11.1 Å². The van der Waals surface area contributed by atoms with E-state index in [2.05, 4.69) is 5.32 Å². The third-order valence-electron chi connectivity index (χ3n) is 4.06. The molecule has 1 unspecified atom stereocenters. The monoisotopic (exact) mass is 328 g/mol. The normalized spacial score (nSPS) is 17.7. The molecule has 2 rings (SSSR count). The third kappa shape index (κ3) is 4.16. The first-order chi connectivity index (χ1) is 10.5. The van der Waals surface area contributed by atoms with E-state index in [1.807, 2.05) is 20.8 Å². The Kier molecular flexibility index (Phi) is 4.61. The average molecular weight is 328 g/mol. The van der Waals surface area contributed by atoms with E-state index < -0.39 is 12.2 Å². The van der Waals surface area contributed by atoms with Crippen molar-refractivity contribution in [3.8, 4) is 0 Å². The molecule has 0 amide bonds. The summed E-state index contributed by atoms with van der Waals surface area (Å²) in [7, 11) is 0. The lowest BCUT2D eigenvalue weighted by atomic mass is 9.86. The van der Waals surface area contributed by atoms with Gasteiger partial charge in [-0.1, -0.05) is 45.0 Å². The summed E-state index contributed by atoms with van der Waals surface area (Å²) in [6.07, 6.45) is -4.38. The molecule has 0 bridgehead atoms. The maximum Gasteiger partial charge on any atom is 0.407 e. The van der Waals surface area contributed by atoms with Crippen molar-refractivity contribution in [3.05, 3.63) is 35.4 Å². The number of alkyl halides is 3. The number of nitrogens with one attached hydrogen (secondary N) is 2. The van der Waals surface area contributed by atoms with Gasteiger partial charge in [0.05, 0.1) is 0 Å². The molecule has 1 aliphatic heterocycles. The van der Waals surface area contributed by atoms with Gasteiger partial charge in [-0.3, -0.25) is 10.7 Å². The minimum absolute atomic E-state index is 0.102. The lowest BCUT2D eigenvalue weighted by Crippen LogP contribution is -2.62. The van der Waals surface area contributed by atoms with Crippen LogP contribution in [0.4, 0.5) is 13.2 Å². The zero-order valence-corrected chi connectivity index (χ0v) is 13.5. The summed E-state index contributed by atoms with van der Waals surface area (Å²) in [5.74, 6) is -0.110. The minimum atomic E-state index is -4.38. The molecule has 0 radical (unpaired) electrons. The summed E-state index contributed by atoms with van der Waals surface area (Å²) < 4.78 is 40.1. The van der Waals surface area contributed by atoms with Crippen LogP contribution in [0.2, 0.25) is 0 Å². The number of hydrogen-bond donors (Lipinski definition) is 3. The smallest absolute Gasteiger partial charge is 0.370 e. The Labute approximate surface area is 134 Å². The first-order valence-electron chi connectivity index (χ1n) is 7.50. The van der Waals surface area contributed by atoms with Crippen molar-refractivity contribution in [1.29, 1.82) is 5.41 Å². The van der Waals surface area contributed by atoms with Gasteiger partial charge in [0.2, 0.25) is 0 Å². The standard InChI is InChI=1S/C16H23F3N4/c1-15(2,3)11-6-4-10(5-7-11)13(16(17,18)19)22-12-8-23(9-12)14(20)21/h4-7,12-13,22H,8-9H2,1-3H3,(H3,20,21). The second kappa shape index (κ2) is 6.03. The molecular weight excluding hydrogens is 305 g/mol. The van der Waals surface area contributed by atoms with Crippen molar-refractivity contribution in [3.63, 3.8) is 0 Å². The van der Waals surface area contributed by atoms with Crippen LogP contribution in [0.1, 0.15) is 37.9 Å². The predicted octanol–water partition coefficient (Wildman–Crippen LogP) is 2.75. The Bertz CT molecular complexity index is 554. The van der Waals surface area contributed by atoms with E-state index in [1.54, 1.807) is 12.1 Å². The Hall–Kier alpha value is -1.76. The maximum atomic E-state index is 13.4. The Morgan fingerprint density at radius 2 is 1.74 bits per heavy atom. The van der Waals surface area contributed by atoms with Gasteiger partial charge in [0.25, 0.3) is 0 Å². The zero-order valence-electron chi connectivity index (χ0n) is 13.5. The summed E-state index contributed by atoms with van der Waals surface area (Å²) in [4.78, 5) is 1.52. The highest BCUT2D eigenvalue weighted by Gasteiger charge is 2.43. The Morgan fingerprint density at radius 3 is 2.13 bits per heavy atom. The van der Waals surface area contributed by atoms with E-state index in [0.29, 0.717) is 13.1 Å². The number of likely N-dealkylation sites (tertiary alicyclic amines) is 1. The van der Waals surface area contributed by atoms with Crippen LogP contribution >= 0.6 is 0 Å². The summed E-state index contributed by atoms with van der Waals surface area (Å²) in [5, 5.41) is 9.88. The Morgan fingerprint density at radius 1 is 1.22 bits per heavy atom. The van der Waals surface area contributed by atoms with Gasteiger partial charge in [-0.2, -0.15) is 13.2 Å². The van der Waals surface area contributed by atoms with Crippen molar-refractivity contribution < 1.29 is 13.2 Å². The van der Waals surface area contributed by atoms with E-state index >= 15 is 0 Å². The maximum absolute atomic E-state index is 13.4. The number of halogens is 3. The number of nitrogens with two attached hydrogens (primary N) is 1. The van der Waals surface area contributed by atoms with Crippen LogP contribution in [0.25, 0.3) is 0 Å². The second-order valence-corrected chi connectivity index (χ2v) is 7.00. The summed E-state index contributed by atoms with van der Waals surface area (Å²) in [5.41, 5.74) is 6.40. The molecule has 0 saturated carbocycles. The van der Waals surface area contributed by atoms with E-state index in [-0.39, 0.29) is 23.0 Å². The van der Waals surface area contributed by atoms with Crippen molar-refractivity contribution in [2.45, 2.75) is 44.4 Å². The summed E-state index contributed by atoms with van der Waals surface area (Å²) in [6, 6.07) is 4.53. The molecule has 128 valence electrons. The molecule has 0 aromatic heterocycles. The second-order valence-electron chi connectivity index (χ2n) is 7.00. The van der Waals surface area contributed by atoms with Gasteiger partial charge in [-0.15, -0.1) is 0 Å². The van der Waals surface area contributed by atoms with Crippen LogP contribution in [0.5, 0.6) is 0 Å². The van der Waals surface area contributed by atoms with E-state index in [0.717, 1.165) is 5.56 Å². The molecule has 4 nitrogen and oxygen atoms in total. The lowest BCUT2D eigenvalue weighted by molar-refractivity contribution is -0.161. The van der Waals surface area contributed by atoms with Gasteiger partial charge >= 0.3 is 6.18 Å². The molecule has 1 atom stereocenters. The molecule has 4 N–H and O–H groups in total. The molecule has 0 spiro atoms. The van der Waals surface area contributed by atoms with Crippen molar-refractivity contribution in [2.75, 3.05) is 13.1 Å². The Balaban J connectivity index is 2.12. The number of rotatable bonds is 3. The first kappa shape index (κ1) is 17.6. The molecule has 1 saturated heterocycles.